The molecule has 0 radical (unpaired) electrons. The van der Waals surface area contributed by atoms with E-state index in [4.69, 9.17) is 22.9 Å². The van der Waals surface area contributed by atoms with Crippen molar-refractivity contribution in [2.24, 2.45) is 40.7 Å². The number of rotatable bonds is 40. The average molecular weight is 1280 g/mol. The van der Waals surface area contributed by atoms with Gasteiger partial charge < -0.3 is 101 Å². The number of amides is 13. The highest BCUT2D eigenvalue weighted by atomic mass is 16.4. The zero-order chi connectivity index (χ0) is 68.4. The Morgan fingerprint density at radius 2 is 1.07 bits per heavy atom. The smallest absolute Gasteiger partial charge is 0.326 e. The van der Waals surface area contributed by atoms with E-state index in [2.05, 4.69) is 68.1 Å². The van der Waals surface area contributed by atoms with Gasteiger partial charge in [0.15, 0.2) is 0 Å². The van der Waals surface area contributed by atoms with Crippen LogP contribution in [0, 0.1) is 17.8 Å². The number of carbonyl (C=O) groups excluding carboxylic acids is 13. The zero-order valence-electron chi connectivity index (χ0n) is 51.7. The van der Waals surface area contributed by atoms with Gasteiger partial charge in [0.2, 0.25) is 76.8 Å². The third-order valence-electron chi connectivity index (χ3n) is 14.7. The van der Waals surface area contributed by atoms with Gasteiger partial charge in [0.25, 0.3) is 0 Å². The molecule has 13 amide bonds. The summed E-state index contributed by atoms with van der Waals surface area (Å²) < 4.78 is 0. The first-order valence-electron chi connectivity index (χ1n) is 29.4. The summed E-state index contributed by atoms with van der Waals surface area (Å²) in [6.07, 6.45) is 0.548. The Kier molecular flexibility index (Phi) is 30.6. The van der Waals surface area contributed by atoms with Crippen LogP contribution in [0.1, 0.15) is 105 Å². The van der Waals surface area contributed by atoms with Gasteiger partial charge in [0.1, 0.15) is 54.4 Å². The van der Waals surface area contributed by atoms with Crippen LogP contribution in [0.3, 0.4) is 0 Å². The molecule has 34 nitrogen and oxygen atoms in total. The highest BCUT2D eigenvalue weighted by Crippen LogP contribution is 2.20. The van der Waals surface area contributed by atoms with Gasteiger partial charge in [0, 0.05) is 41.8 Å². The maximum atomic E-state index is 14.4. The topological polar surface area (TPSA) is 569 Å². The Hall–Kier alpha value is -9.57. The maximum absolute atomic E-state index is 14.4. The quantitative estimate of drug-likeness (QED) is 0.0252. The molecule has 0 saturated heterocycles. The predicted octanol–water partition coefficient (Wildman–Crippen LogP) is -5.90. The van der Waals surface area contributed by atoms with Crippen molar-refractivity contribution in [1.29, 1.82) is 0 Å². The van der Waals surface area contributed by atoms with E-state index in [1.54, 1.807) is 33.9 Å². The van der Waals surface area contributed by atoms with Crippen LogP contribution in [0.4, 0.5) is 0 Å². The summed E-state index contributed by atoms with van der Waals surface area (Å²) in [4.78, 5) is 195. The second-order valence-corrected chi connectivity index (χ2v) is 22.6. The van der Waals surface area contributed by atoms with Crippen LogP contribution < -0.4 is 76.1 Å². The number of carboxylic acids is 1. The number of H-pyrrole nitrogens is 2. The molecule has 3 rings (SSSR count). The van der Waals surface area contributed by atoms with Crippen molar-refractivity contribution in [2.75, 3.05) is 13.2 Å². The lowest BCUT2D eigenvalue weighted by atomic mass is 9.96. The predicted molar refractivity (Wildman–Crippen MR) is 323 cm³/mol. The lowest BCUT2D eigenvalue weighted by molar-refractivity contribution is -0.144. The van der Waals surface area contributed by atoms with Crippen molar-refractivity contribution in [3.8, 4) is 0 Å². The standard InChI is InChI=1S/C57H87N17O17/c1-8-27(5)45(72-52(85)37(18-31-22-62-25-65-31)68-51(84)36(16-26(3)4)67-48(81)33(58)17-30-21-63-34-13-11-10-12-32(30)34)55(88)70-39(20-43(61)79)53(86)74-47(29(7)76)56(89)71-40(24-75)54(87)69-38(19-42(60)78)49(82)64-23-44(80)66-35(14-15-41(59)77)50(83)73-46(57(90)91)28(6)9-2/h10-13,21-22,25-29,33,35-40,45-47,63,75-76H,8-9,14-20,23-24,58H2,1-7H3,(H2,59,77)(H2,60,78)(H2,61,79)(H,62,65)(H,64,82)(H,66,80)(H,67,81)(H,68,84)(H,69,87)(H,70,88)(H,71,89)(H,72,85)(H,73,83)(H,74,86)(H,90,91)/t27-,28-,29+,33-,35-,36-,37-,38-,39-,40-,45-,46-,47-/m0/s1. The number of hydrogen-bond donors (Lipinski definition) is 19. The van der Waals surface area contributed by atoms with Gasteiger partial charge in [-0.1, -0.05) is 72.6 Å². The molecule has 0 aliphatic heterocycles. The molecule has 502 valence electrons. The molecule has 91 heavy (non-hydrogen) atoms. The van der Waals surface area contributed by atoms with E-state index >= 15 is 0 Å². The molecular formula is C57H87N17O17. The molecule has 13 atom stereocenters. The number of nitrogens with one attached hydrogen (secondary N) is 12. The number of nitrogens with two attached hydrogens (primary N) is 4. The molecule has 2 aromatic heterocycles. The number of aromatic nitrogens is 3. The van der Waals surface area contributed by atoms with Crippen LogP contribution in [0.25, 0.3) is 10.9 Å². The molecule has 23 N–H and O–H groups in total. The van der Waals surface area contributed by atoms with Gasteiger partial charge in [0.05, 0.1) is 44.5 Å². The van der Waals surface area contributed by atoms with Gasteiger partial charge in [-0.15, -0.1) is 0 Å². The van der Waals surface area contributed by atoms with E-state index in [-0.39, 0.29) is 38.0 Å². The van der Waals surface area contributed by atoms with Crippen LogP contribution in [0.15, 0.2) is 43.0 Å². The summed E-state index contributed by atoms with van der Waals surface area (Å²) in [7, 11) is 0. The van der Waals surface area contributed by atoms with E-state index in [0.717, 1.165) is 23.4 Å². The van der Waals surface area contributed by atoms with E-state index < -0.39 is 194 Å². The Morgan fingerprint density at radius 3 is 1.63 bits per heavy atom. The minimum absolute atomic E-state index is 0.118. The summed E-state index contributed by atoms with van der Waals surface area (Å²) in [5.41, 5.74) is 24.4. The van der Waals surface area contributed by atoms with Crippen molar-refractivity contribution in [3.05, 3.63) is 54.2 Å². The Bertz CT molecular complexity index is 3050. The van der Waals surface area contributed by atoms with Crippen molar-refractivity contribution in [2.45, 2.75) is 173 Å². The Balaban J connectivity index is 1.78. The molecule has 0 unspecified atom stereocenters. The van der Waals surface area contributed by atoms with Crippen molar-refractivity contribution in [1.82, 2.24) is 68.1 Å². The monoisotopic (exact) mass is 1280 g/mol. The van der Waals surface area contributed by atoms with Gasteiger partial charge in [-0.25, -0.2) is 9.78 Å². The van der Waals surface area contributed by atoms with Gasteiger partial charge in [-0.2, -0.15) is 0 Å². The molecule has 0 bridgehead atoms. The molecule has 2 heterocycles. The zero-order valence-corrected chi connectivity index (χ0v) is 51.7. The summed E-state index contributed by atoms with van der Waals surface area (Å²) >= 11 is 0. The normalized spacial score (nSPS) is 15.5. The number of benzene rings is 1. The number of hydrogen-bond acceptors (Lipinski definition) is 18. The van der Waals surface area contributed by atoms with Gasteiger partial charge >= 0.3 is 5.97 Å². The number of aliphatic carboxylic acids is 1. The second kappa shape index (κ2) is 36.8. The number of aliphatic hydroxyl groups excluding tert-OH is 2. The van der Waals surface area contributed by atoms with Crippen LogP contribution in [-0.4, -0.2) is 193 Å². The van der Waals surface area contributed by atoms with Crippen LogP contribution in [0.5, 0.6) is 0 Å². The molecule has 0 aliphatic carbocycles. The number of aromatic amines is 2. The van der Waals surface area contributed by atoms with Crippen LogP contribution in [-0.2, 0) is 80.0 Å². The summed E-state index contributed by atoms with van der Waals surface area (Å²) in [6, 6.07) is -8.60. The summed E-state index contributed by atoms with van der Waals surface area (Å²) in [5.74, 6) is -16.8. The average Bonchev–Trinajstić information content (AvgIpc) is 1.96. The number of fused-ring (bicyclic) bond motifs is 1. The molecule has 0 spiro atoms. The fraction of sp³-hybridized carbons (Fsp3) is 0.561. The highest BCUT2D eigenvalue weighted by molar-refractivity contribution is 6.00. The fourth-order valence-corrected chi connectivity index (χ4v) is 9.16. The maximum Gasteiger partial charge on any atom is 0.326 e. The van der Waals surface area contributed by atoms with Crippen LogP contribution in [0.2, 0.25) is 0 Å². The minimum Gasteiger partial charge on any atom is -0.480 e. The van der Waals surface area contributed by atoms with E-state index in [1.807, 2.05) is 38.1 Å². The van der Waals surface area contributed by atoms with E-state index in [0.29, 0.717) is 12.1 Å². The number of imidazole rings is 1. The number of para-hydroxylation sites is 1. The van der Waals surface area contributed by atoms with Crippen molar-refractivity contribution >= 4 is 93.7 Å². The Labute approximate surface area is 523 Å². The highest BCUT2D eigenvalue weighted by Gasteiger charge is 2.38. The molecule has 0 aliphatic rings. The van der Waals surface area contributed by atoms with E-state index in [1.165, 1.54) is 12.5 Å². The minimum atomic E-state index is -2.04. The number of aliphatic hydroxyl groups is 2. The van der Waals surface area contributed by atoms with Gasteiger partial charge in [-0.3, -0.25) is 62.3 Å². The third kappa shape index (κ3) is 24.7. The molecule has 0 saturated carbocycles. The lowest BCUT2D eigenvalue weighted by Gasteiger charge is -2.30. The van der Waals surface area contributed by atoms with E-state index in [9.17, 15) is 82.4 Å². The SMILES string of the molecule is CC[C@H](C)[C@H](NC(=O)[C@H](CCC(N)=O)NC(=O)CNC(=O)[C@H](CC(N)=O)NC(=O)[C@H](CO)NC(=O)[C@@H](NC(=O)[C@H](CC(N)=O)NC(=O)[C@@H](NC(=O)[C@H](Cc1cnc[nH]1)NC(=O)[C@H](CC(C)C)NC(=O)[C@@H](N)Cc1c[nH]c2ccccc12)[C@@H](C)CC)[C@@H](C)O)C(=O)O. The van der Waals surface area contributed by atoms with Crippen molar-refractivity contribution < 1.29 is 82.4 Å². The first-order chi connectivity index (χ1) is 42.8. The Morgan fingerprint density at radius 1 is 0.560 bits per heavy atom. The molecule has 1 aromatic carbocycles. The molecule has 0 fully saturated rings. The van der Waals surface area contributed by atoms with Crippen molar-refractivity contribution in [3.63, 3.8) is 0 Å². The molecule has 34 heteroatoms. The number of carbonyl (C=O) groups is 14. The molecular weight excluding hydrogens is 1190 g/mol. The fourth-order valence-electron chi connectivity index (χ4n) is 9.16. The second-order valence-electron chi connectivity index (χ2n) is 22.6. The third-order valence-corrected chi connectivity index (χ3v) is 14.7. The summed E-state index contributed by atoms with van der Waals surface area (Å²) in [6.45, 7) is 8.94. The first kappa shape index (κ1) is 75.7. The lowest BCUT2D eigenvalue weighted by Crippen LogP contribution is -2.63. The number of carboxylic acid groups (broad SMARTS) is 1. The first-order valence-corrected chi connectivity index (χ1v) is 29.4. The summed E-state index contributed by atoms with van der Waals surface area (Å²) in [5, 5.41) is 54.8. The van der Waals surface area contributed by atoms with Crippen LogP contribution >= 0.6 is 0 Å². The van der Waals surface area contributed by atoms with Gasteiger partial charge in [-0.05, 0) is 55.6 Å². The number of primary amides is 3. The molecule has 3 aromatic rings. The number of nitrogens with zero attached hydrogens (tertiary/aromatic N) is 1. The largest absolute Gasteiger partial charge is 0.480 e.